The molecule has 0 atom stereocenters. The number of nitrogens with two attached hydrogens (primary N) is 1. The molecule has 0 aliphatic heterocycles. The summed E-state index contributed by atoms with van der Waals surface area (Å²) in [5.41, 5.74) is 5.59. The predicted molar refractivity (Wildman–Crippen MR) is 69.8 cm³/mol. The summed E-state index contributed by atoms with van der Waals surface area (Å²) >= 11 is 0. The van der Waals surface area contributed by atoms with Crippen molar-refractivity contribution in [1.82, 2.24) is 10.3 Å². The Morgan fingerprint density at radius 3 is 2.82 bits per heavy atom. The summed E-state index contributed by atoms with van der Waals surface area (Å²) in [6.45, 7) is 5.09. The highest BCUT2D eigenvalue weighted by atomic mass is 16.2. The van der Waals surface area contributed by atoms with E-state index in [1.165, 1.54) is 0 Å². The molecule has 3 N–H and O–H groups in total. The molecule has 0 saturated carbocycles. The van der Waals surface area contributed by atoms with Crippen molar-refractivity contribution in [2.24, 2.45) is 5.92 Å². The zero-order chi connectivity index (χ0) is 12.8. The van der Waals surface area contributed by atoms with Gasteiger partial charge in [-0.1, -0.05) is 19.9 Å². The van der Waals surface area contributed by atoms with Gasteiger partial charge < -0.3 is 16.0 Å². The van der Waals surface area contributed by atoms with Crippen molar-refractivity contribution in [1.29, 1.82) is 0 Å². The summed E-state index contributed by atoms with van der Waals surface area (Å²) in [5.74, 6) is 1.60. The number of anilines is 2. The van der Waals surface area contributed by atoms with Crippen LogP contribution in [-0.4, -0.2) is 31.0 Å². The molecular formula is C12H20N4O. The Morgan fingerprint density at radius 2 is 2.24 bits per heavy atom. The van der Waals surface area contributed by atoms with Gasteiger partial charge in [0, 0.05) is 13.6 Å². The van der Waals surface area contributed by atoms with Crippen LogP contribution in [0.5, 0.6) is 0 Å². The minimum Gasteiger partial charge on any atom is -0.384 e. The van der Waals surface area contributed by atoms with E-state index in [-0.39, 0.29) is 12.5 Å². The number of nitrogen functional groups attached to an aromatic ring is 1. The van der Waals surface area contributed by atoms with Gasteiger partial charge in [-0.3, -0.25) is 4.79 Å². The maximum atomic E-state index is 11.6. The Balaban J connectivity index is 2.48. The van der Waals surface area contributed by atoms with E-state index in [9.17, 15) is 4.79 Å². The second-order valence-corrected chi connectivity index (χ2v) is 4.47. The number of likely N-dealkylation sites (N-methyl/N-ethyl adjacent to an activating group) is 1. The highest BCUT2D eigenvalue weighted by Crippen LogP contribution is 2.09. The quantitative estimate of drug-likeness (QED) is 0.796. The van der Waals surface area contributed by atoms with E-state index in [1.807, 2.05) is 19.2 Å². The number of amides is 1. The molecule has 1 aromatic heterocycles. The van der Waals surface area contributed by atoms with Gasteiger partial charge in [-0.05, 0) is 18.1 Å². The average molecular weight is 236 g/mol. The third-order valence-corrected chi connectivity index (χ3v) is 2.24. The van der Waals surface area contributed by atoms with Gasteiger partial charge in [0.1, 0.15) is 11.6 Å². The Kier molecular flexibility index (Phi) is 4.75. The average Bonchev–Trinajstić information content (AvgIpc) is 2.26. The number of nitrogens with zero attached hydrogens (tertiary/aromatic N) is 2. The molecule has 0 unspecified atom stereocenters. The Hall–Kier alpha value is -1.78. The van der Waals surface area contributed by atoms with E-state index in [1.54, 1.807) is 11.0 Å². The lowest BCUT2D eigenvalue weighted by atomic mass is 10.2. The van der Waals surface area contributed by atoms with Crippen molar-refractivity contribution in [2.75, 3.05) is 30.8 Å². The van der Waals surface area contributed by atoms with Crippen LogP contribution in [0.15, 0.2) is 18.2 Å². The molecule has 5 heteroatoms. The molecule has 0 bridgehead atoms. The normalized spacial score (nSPS) is 10.4. The van der Waals surface area contributed by atoms with E-state index in [2.05, 4.69) is 24.1 Å². The van der Waals surface area contributed by atoms with Crippen LogP contribution in [0.1, 0.15) is 13.8 Å². The summed E-state index contributed by atoms with van der Waals surface area (Å²) in [7, 11) is 1.82. The zero-order valence-corrected chi connectivity index (χ0v) is 10.6. The van der Waals surface area contributed by atoms with Crippen LogP contribution in [0.3, 0.4) is 0 Å². The van der Waals surface area contributed by atoms with E-state index in [4.69, 9.17) is 5.73 Å². The largest absolute Gasteiger partial charge is 0.384 e. The second-order valence-electron chi connectivity index (χ2n) is 4.47. The van der Waals surface area contributed by atoms with Gasteiger partial charge in [0.15, 0.2) is 0 Å². The van der Waals surface area contributed by atoms with Gasteiger partial charge in [0.2, 0.25) is 5.91 Å². The molecule has 1 rings (SSSR count). The molecule has 0 spiro atoms. The van der Waals surface area contributed by atoms with Crippen molar-refractivity contribution in [3.63, 3.8) is 0 Å². The molecule has 1 aromatic rings. The van der Waals surface area contributed by atoms with Crippen LogP contribution in [0.4, 0.5) is 11.6 Å². The molecular weight excluding hydrogens is 216 g/mol. The molecule has 1 amide bonds. The molecule has 0 aromatic carbocycles. The van der Waals surface area contributed by atoms with E-state index in [0.717, 1.165) is 0 Å². The number of hydrogen-bond donors (Lipinski definition) is 2. The van der Waals surface area contributed by atoms with Crippen LogP contribution in [0, 0.1) is 5.92 Å². The summed E-state index contributed by atoms with van der Waals surface area (Å²) < 4.78 is 0. The van der Waals surface area contributed by atoms with Gasteiger partial charge in [-0.15, -0.1) is 0 Å². The van der Waals surface area contributed by atoms with Crippen LogP contribution in [0.25, 0.3) is 0 Å². The van der Waals surface area contributed by atoms with E-state index >= 15 is 0 Å². The molecule has 0 aliphatic rings. The highest BCUT2D eigenvalue weighted by molar-refractivity contribution is 5.80. The van der Waals surface area contributed by atoms with Crippen molar-refractivity contribution >= 4 is 17.5 Å². The first kappa shape index (κ1) is 13.3. The topological polar surface area (TPSA) is 71.2 Å². The molecule has 5 nitrogen and oxygen atoms in total. The van der Waals surface area contributed by atoms with E-state index < -0.39 is 0 Å². The maximum absolute atomic E-state index is 11.6. The number of rotatable bonds is 5. The molecule has 94 valence electrons. The number of nitrogens with one attached hydrogen (secondary N) is 1. The predicted octanol–water partition coefficient (Wildman–Crippen LogP) is 0.872. The lowest BCUT2D eigenvalue weighted by molar-refractivity contribution is -0.119. The molecule has 17 heavy (non-hydrogen) atoms. The minimum atomic E-state index is -0.00887. The van der Waals surface area contributed by atoms with Crippen molar-refractivity contribution < 1.29 is 4.79 Å². The Bertz CT molecular complexity index is 379. The monoisotopic (exact) mass is 236 g/mol. The standard InChI is InChI=1S/C12H20N4O/c1-9(2)7-14-12(17)8-16(3)11-6-4-5-10(13)15-11/h4-6,9H,7-8H2,1-3H3,(H2,13,15)(H,14,17). The summed E-state index contributed by atoms with van der Waals surface area (Å²) in [5, 5.41) is 2.86. The molecule has 0 fully saturated rings. The molecule has 0 saturated heterocycles. The first-order chi connectivity index (χ1) is 7.99. The fourth-order valence-electron chi connectivity index (χ4n) is 1.32. The minimum absolute atomic E-state index is 0.00887. The third kappa shape index (κ3) is 4.72. The summed E-state index contributed by atoms with van der Waals surface area (Å²) in [6.07, 6.45) is 0. The third-order valence-electron chi connectivity index (χ3n) is 2.24. The lowest BCUT2D eigenvalue weighted by Crippen LogP contribution is -2.37. The second kappa shape index (κ2) is 6.08. The summed E-state index contributed by atoms with van der Waals surface area (Å²) in [6, 6.07) is 5.36. The van der Waals surface area contributed by atoms with Gasteiger partial charge in [-0.2, -0.15) is 0 Å². The van der Waals surface area contributed by atoms with Crippen molar-refractivity contribution in [2.45, 2.75) is 13.8 Å². The number of carbonyl (C=O) groups excluding carboxylic acids is 1. The molecule has 1 heterocycles. The molecule has 0 aliphatic carbocycles. The van der Waals surface area contributed by atoms with Gasteiger partial charge in [0.25, 0.3) is 0 Å². The number of aromatic nitrogens is 1. The van der Waals surface area contributed by atoms with Crippen molar-refractivity contribution in [3.8, 4) is 0 Å². The SMILES string of the molecule is CC(C)CNC(=O)CN(C)c1cccc(N)n1. The van der Waals surface area contributed by atoms with Crippen LogP contribution < -0.4 is 16.0 Å². The Morgan fingerprint density at radius 1 is 1.53 bits per heavy atom. The van der Waals surface area contributed by atoms with Crippen molar-refractivity contribution in [3.05, 3.63) is 18.2 Å². The van der Waals surface area contributed by atoms with E-state index in [0.29, 0.717) is 24.1 Å². The van der Waals surface area contributed by atoms with Crippen LogP contribution in [-0.2, 0) is 4.79 Å². The summed E-state index contributed by atoms with van der Waals surface area (Å²) in [4.78, 5) is 17.5. The zero-order valence-electron chi connectivity index (χ0n) is 10.6. The first-order valence-corrected chi connectivity index (χ1v) is 5.69. The Labute approximate surface area is 102 Å². The van der Waals surface area contributed by atoms with Gasteiger partial charge in [0.05, 0.1) is 6.54 Å². The van der Waals surface area contributed by atoms with Crippen LogP contribution >= 0.6 is 0 Å². The highest BCUT2D eigenvalue weighted by Gasteiger charge is 2.08. The fraction of sp³-hybridized carbons (Fsp3) is 0.500. The smallest absolute Gasteiger partial charge is 0.239 e. The maximum Gasteiger partial charge on any atom is 0.239 e. The number of hydrogen-bond acceptors (Lipinski definition) is 4. The first-order valence-electron chi connectivity index (χ1n) is 5.69. The van der Waals surface area contributed by atoms with Gasteiger partial charge >= 0.3 is 0 Å². The van der Waals surface area contributed by atoms with Gasteiger partial charge in [-0.25, -0.2) is 4.98 Å². The van der Waals surface area contributed by atoms with Crippen LogP contribution in [0.2, 0.25) is 0 Å². The number of pyridine rings is 1. The number of carbonyl (C=O) groups is 1. The lowest BCUT2D eigenvalue weighted by Gasteiger charge is -2.18. The molecule has 0 radical (unpaired) electrons. The fourth-order valence-corrected chi connectivity index (χ4v) is 1.32.